The van der Waals surface area contributed by atoms with E-state index in [0.717, 1.165) is 16.7 Å². The third-order valence-electron chi connectivity index (χ3n) is 6.67. The summed E-state index contributed by atoms with van der Waals surface area (Å²) in [4.78, 5) is 13.4. The molecule has 1 saturated carbocycles. The molecule has 7 nitrogen and oxygen atoms in total. The van der Waals surface area contributed by atoms with Crippen LogP contribution in [-0.2, 0) is 11.2 Å². The molecule has 1 spiro atoms. The van der Waals surface area contributed by atoms with Crippen molar-refractivity contribution in [2.24, 2.45) is 20.8 Å². The summed E-state index contributed by atoms with van der Waals surface area (Å²) in [6.45, 7) is 0. The van der Waals surface area contributed by atoms with Gasteiger partial charge in [-0.25, -0.2) is 16.6 Å². The number of carbonyl (C=O) groups is 1. The number of nitrogens with one attached hydrogen (secondary N) is 3. The molecule has 1 unspecified atom stereocenters. The molecule has 3 N–H and O–H groups in total. The lowest BCUT2D eigenvalue weighted by atomic mass is 9.61. The van der Waals surface area contributed by atoms with Gasteiger partial charge in [0, 0.05) is 0 Å². The maximum absolute atomic E-state index is 13.4. The highest BCUT2D eigenvalue weighted by Crippen LogP contribution is 2.57. The number of Topliss-reactive ketones (excluding diaryl/α,β-unsaturated/α-hetero) is 1. The van der Waals surface area contributed by atoms with E-state index in [1.54, 1.807) is 0 Å². The van der Waals surface area contributed by atoms with Gasteiger partial charge in [0.25, 0.3) is 0 Å². The Bertz CT molecular complexity index is 1010. The van der Waals surface area contributed by atoms with Gasteiger partial charge in [-0.1, -0.05) is 60.7 Å². The van der Waals surface area contributed by atoms with Crippen LogP contribution in [0.4, 0.5) is 0 Å². The molecule has 1 atom stereocenters. The number of hydrogen-bond donors (Lipinski definition) is 3. The number of rotatable bonds is 6. The SMILES string of the molecule is N=NC1=C(c2ccccc2)C2(CCC(Cc3ccccc3)(N=N)CC2)C(=O)C1N=N. The lowest BCUT2D eigenvalue weighted by molar-refractivity contribution is -0.127. The number of allylic oxidation sites excluding steroid dienone is 1. The van der Waals surface area contributed by atoms with Crippen LogP contribution >= 0.6 is 0 Å². The molecule has 0 bridgehead atoms. The summed E-state index contributed by atoms with van der Waals surface area (Å²) in [7, 11) is 0. The van der Waals surface area contributed by atoms with Gasteiger partial charge in [-0.05, 0) is 48.8 Å². The summed E-state index contributed by atoms with van der Waals surface area (Å²) < 4.78 is 0. The summed E-state index contributed by atoms with van der Waals surface area (Å²) in [6.07, 6.45) is 2.85. The molecular formula is C23H24N6O. The van der Waals surface area contributed by atoms with E-state index in [-0.39, 0.29) is 11.5 Å². The van der Waals surface area contributed by atoms with Crippen LogP contribution in [-0.4, -0.2) is 17.4 Å². The van der Waals surface area contributed by atoms with Crippen LogP contribution in [0.3, 0.4) is 0 Å². The minimum atomic E-state index is -1.02. The number of benzene rings is 2. The predicted molar refractivity (Wildman–Crippen MR) is 111 cm³/mol. The molecule has 0 aliphatic heterocycles. The highest BCUT2D eigenvalue weighted by atomic mass is 16.1. The van der Waals surface area contributed by atoms with E-state index >= 15 is 0 Å². The summed E-state index contributed by atoms with van der Waals surface area (Å²) >= 11 is 0. The van der Waals surface area contributed by atoms with Crippen molar-refractivity contribution >= 4 is 11.4 Å². The Hall–Kier alpha value is -3.35. The standard InChI is InChI=1S/C23H24N6O/c24-27-19-18(17-9-5-2-6-10-17)23(21(30)20(19)28-25)13-11-22(29-26,12-14-23)15-16-7-3-1-4-8-16/h1-10,20,24-26H,11-15H2. The smallest absolute Gasteiger partial charge is 0.175 e. The molecular weight excluding hydrogens is 376 g/mol. The maximum Gasteiger partial charge on any atom is 0.175 e. The van der Waals surface area contributed by atoms with Crippen LogP contribution in [0, 0.1) is 22.0 Å². The van der Waals surface area contributed by atoms with Crippen LogP contribution in [0.25, 0.3) is 5.57 Å². The topological polar surface area (TPSA) is 126 Å². The Morgan fingerprint density at radius 2 is 1.47 bits per heavy atom. The molecule has 0 amide bonds. The normalized spacial score (nSPS) is 28.5. The molecule has 2 aromatic rings. The van der Waals surface area contributed by atoms with Crippen molar-refractivity contribution in [1.29, 1.82) is 16.6 Å². The lowest BCUT2D eigenvalue weighted by Crippen LogP contribution is -2.43. The third kappa shape index (κ3) is 3.10. The van der Waals surface area contributed by atoms with Gasteiger partial charge in [0.15, 0.2) is 11.8 Å². The fourth-order valence-electron chi connectivity index (χ4n) is 5.10. The highest BCUT2D eigenvalue weighted by molar-refractivity contribution is 6.09. The van der Waals surface area contributed by atoms with Crippen molar-refractivity contribution in [1.82, 2.24) is 0 Å². The van der Waals surface area contributed by atoms with Crippen LogP contribution in [0.1, 0.15) is 36.8 Å². The van der Waals surface area contributed by atoms with E-state index in [0.29, 0.717) is 32.1 Å². The van der Waals surface area contributed by atoms with Crippen molar-refractivity contribution < 1.29 is 4.79 Å². The van der Waals surface area contributed by atoms with Crippen molar-refractivity contribution in [2.75, 3.05) is 0 Å². The van der Waals surface area contributed by atoms with Crippen molar-refractivity contribution in [3.63, 3.8) is 0 Å². The summed E-state index contributed by atoms with van der Waals surface area (Å²) in [5, 5.41) is 11.2. The Morgan fingerprint density at radius 1 is 0.867 bits per heavy atom. The van der Waals surface area contributed by atoms with E-state index in [1.807, 2.05) is 60.7 Å². The first-order valence-corrected chi connectivity index (χ1v) is 10.1. The summed E-state index contributed by atoms with van der Waals surface area (Å²) in [5.41, 5.74) is 24.8. The van der Waals surface area contributed by atoms with Gasteiger partial charge < -0.3 is 0 Å². The number of nitrogens with zero attached hydrogens (tertiary/aromatic N) is 3. The lowest BCUT2D eigenvalue weighted by Gasteiger charge is -2.42. The van der Waals surface area contributed by atoms with Crippen molar-refractivity contribution in [3.05, 3.63) is 77.5 Å². The number of carbonyl (C=O) groups excluding carboxylic acids is 1. The minimum absolute atomic E-state index is 0.152. The zero-order valence-electron chi connectivity index (χ0n) is 16.6. The van der Waals surface area contributed by atoms with E-state index in [1.165, 1.54) is 0 Å². The van der Waals surface area contributed by atoms with E-state index < -0.39 is 17.0 Å². The van der Waals surface area contributed by atoms with Gasteiger partial charge in [-0.2, -0.15) is 15.3 Å². The van der Waals surface area contributed by atoms with Crippen LogP contribution in [0.15, 0.2) is 81.7 Å². The monoisotopic (exact) mass is 400 g/mol. The first-order valence-electron chi connectivity index (χ1n) is 10.1. The van der Waals surface area contributed by atoms with Crippen LogP contribution < -0.4 is 0 Å². The zero-order valence-corrected chi connectivity index (χ0v) is 16.6. The number of ketones is 1. The second kappa shape index (κ2) is 7.82. The fourth-order valence-corrected chi connectivity index (χ4v) is 5.10. The average molecular weight is 400 g/mol. The molecule has 0 aromatic heterocycles. The molecule has 1 fully saturated rings. The molecule has 2 aliphatic rings. The molecule has 0 radical (unpaired) electrons. The first-order chi connectivity index (χ1) is 14.6. The van der Waals surface area contributed by atoms with Crippen LogP contribution in [0.5, 0.6) is 0 Å². The second-order valence-corrected chi connectivity index (χ2v) is 8.21. The molecule has 30 heavy (non-hydrogen) atoms. The minimum Gasteiger partial charge on any atom is -0.296 e. The predicted octanol–water partition coefficient (Wildman–Crippen LogP) is 5.98. The van der Waals surface area contributed by atoms with Gasteiger partial charge in [0.1, 0.15) is 5.70 Å². The van der Waals surface area contributed by atoms with Gasteiger partial charge >= 0.3 is 0 Å². The van der Waals surface area contributed by atoms with Crippen molar-refractivity contribution in [3.8, 4) is 0 Å². The van der Waals surface area contributed by atoms with E-state index in [4.69, 9.17) is 16.6 Å². The molecule has 2 aromatic carbocycles. The van der Waals surface area contributed by atoms with Gasteiger partial charge in [0.2, 0.25) is 0 Å². The second-order valence-electron chi connectivity index (χ2n) is 8.21. The first kappa shape index (κ1) is 19.9. The molecule has 0 heterocycles. The van der Waals surface area contributed by atoms with Gasteiger partial charge in [-0.3, -0.25) is 4.79 Å². The molecule has 2 aliphatic carbocycles. The fraction of sp³-hybridized carbons (Fsp3) is 0.348. The van der Waals surface area contributed by atoms with Gasteiger partial charge in [0.05, 0.1) is 11.0 Å². The number of hydrogen-bond acceptors (Lipinski definition) is 7. The molecule has 152 valence electrons. The van der Waals surface area contributed by atoms with Crippen molar-refractivity contribution in [2.45, 2.75) is 43.7 Å². The summed E-state index contributed by atoms with van der Waals surface area (Å²) in [6, 6.07) is 18.5. The average Bonchev–Trinajstić information content (AvgIpc) is 3.04. The van der Waals surface area contributed by atoms with Crippen LogP contribution in [0.2, 0.25) is 0 Å². The maximum atomic E-state index is 13.4. The largest absolute Gasteiger partial charge is 0.296 e. The molecule has 7 heteroatoms. The zero-order chi connectivity index (χ0) is 21.2. The van der Waals surface area contributed by atoms with E-state index in [2.05, 4.69) is 15.3 Å². The quantitative estimate of drug-likeness (QED) is 0.506. The highest BCUT2D eigenvalue weighted by Gasteiger charge is 2.57. The van der Waals surface area contributed by atoms with E-state index in [9.17, 15) is 4.79 Å². The van der Waals surface area contributed by atoms with Gasteiger partial charge in [-0.15, -0.1) is 0 Å². The Morgan fingerprint density at radius 3 is 2.00 bits per heavy atom. The Kier molecular flexibility index (Phi) is 5.20. The molecule has 0 saturated heterocycles. The third-order valence-corrected chi connectivity index (χ3v) is 6.67. The Balaban J connectivity index is 1.72. The summed E-state index contributed by atoms with van der Waals surface area (Å²) in [5.74, 6) is -0.152. The molecule has 4 rings (SSSR count). The Labute approximate surface area is 175 Å².